The maximum Gasteiger partial charge on any atom is 0.343 e. The van der Waals surface area contributed by atoms with Crippen LogP contribution in [0.3, 0.4) is 0 Å². The number of esters is 1. The predicted molar refractivity (Wildman–Crippen MR) is 105 cm³/mol. The van der Waals surface area contributed by atoms with Crippen molar-refractivity contribution in [2.75, 3.05) is 4.90 Å². The minimum atomic E-state index is -0.516. The number of hydrogen-bond donors (Lipinski definition) is 0. The predicted octanol–water partition coefficient (Wildman–Crippen LogP) is 3.46. The van der Waals surface area contributed by atoms with Gasteiger partial charge in [0.05, 0.1) is 23.1 Å². The van der Waals surface area contributed by atoms with Crippen LogP contribution in [0.25, 0.3) is 0 Å². The van der Waals surface area contributed by atoms with Gasteiger partial charge in [0.15, 0.2) is 5.75 Å². The summed E-state index contributed by atoms with van der Waals surface area (Å²) in [6, 6.07) is 15.5. The molecule has 2 aromatic carbocycles. The maximum absolute atomic E-state index is 13.3. The highest BCUT2D eigenvalue weighted by atomic mass is 16.5. The first kappa shape index (κ1) is 16.7. The molecule has 1 aliphatic heterocycles. The Labute approximate surface area is 168 Å². The van der Waals surface area contributed by atoms with E-state index >= 15 is 0 Å². The smallest absolute Gasteiger partial charge is 0.343 e. The van der Waals surface area contributed by atoms with Gasteiger partial charge in [-0.1, -0.05) is 42.5 Å². The molecule has 2 bridgehead atoms. The summed E-state index contributed by atoms with van der Waals surface area (Å²) in [5.74, 6) is 0.262. The average Bonchev–Trinajstić information content (AvgIpc) is 3.53. The number of anilines is 1. The van der Waals surface area contributed by atoms with E-state index in [4.69, 9.17) is 4.74 Å². The van der Waals surface area contributed by atoms with Gasteiger partial charge in [-0.3, -0.25) is 9.59 Å². The van der Waals surface area contributed by atoms with Crippen LogP contribution in [0.4, 0.5) is 5.69 Å². The number of allylic oxidation sites excluding steroid dienone is 2. The van der Waals surface area contributed by atoms with Crippen LogP contribution in [0, 0.1) is 35.5 Å². The molecular formula is C24H19NO4. The van der Waals surface area contributed by atoms with Crippen molar-refractivity contribution in [3.63, 3.8) is 0 Å². The highest BCUT2D eigenvalue weighted by Gasteiger charge is 2.67. The van der Waals surface area contributed by atoms with Gasteiger partial charge in [0.25, 0.3) is 0 Å². The summed E-state index contributed by atoms with van der Waals surface area (Å²) >= 11 is 0. The van der Waals surface area contributed by atoms with Gasteiger partial charge in [0.1, 0.15) is 0 Å². The molecule has 0 spiro atoms. The first-order valence-corrected chi connectivity index (χ1v) is 10.1. The maximum atomic E-state index is 13.3. The van der Waals surface area contributed by atoms with Crippen molar-refractivity contribution in [1.82, 2.24) is 0 Å². The van der Waals surface area contributed by atoms with Gasteiger partial charge < -0.3 is 4.74 Å². The minimum Gasteiger partial charge on any atom is -0.421 e. The van der Waals surface area contributed by atoms with E-state index < -0.39 is 5.97 Å². The fourth-order valence-electron chi connectivity index (χ4n) is 5.66. The molecular weight excluding hydrogens is 366 g/mol. The van der Waals surface area contributed by atoms with Gasteiger partial charge in [0.2, 0.25) is 11.8 Å². The Morgan fingerprint density at radius 1 is 0.828 bits per heavy atom. The van der Waals surface area contributed by atoms with Crippen molar-refractivity contribution < 1.29 is 19.1 Å². The van der Waals surface area contributed by atoms with Gasteiger partial charge >= 0.3 is 5.97 Å². The molecule has 2 amide bonds. The summed E-state index contributed by atoms with van der Waals surface area (Å²) in [7, 11) is 0. The van der Waals surface area contributed by atoms with E-state index in [1.54, 1.807) is 48.5 Å². The van der Waals surface area contributed by atoms with Gasteiger partial charge in [-0.15, -0.1) is 0 Å². The number of para-hydroxylation sites is 2. The topological polar surface area (TPSA) is 63.7 Å². The van der Waals surface area contributed by atoms with E-state index in [1.165, 1.54) is 4.90 Å². The number of rotatable bonds is 3. The molecule has 0 aromatic heterocycles. The fourth-order valence-corrected chi connectivity index (χ4v) is 5.66. The number of benzene rings is 2. The van der Waals surface area contributed by atoms with Crippen LogP contribution in [0.2, 0.25) is 0 Å². The molecule has 6 atom stereocenters. The number of imide groups is 1. The largest absolute Gasteiger partial charge is 0.421 e. The van der Waals surface area contributed by atoms with Gasteiger partial charge in [-0.25, -0.2) is 9.69 Å². The summed E-state index contributed by atoms with van der Waals surface area (Å²) in [6.07, 6.45) is 5.42. The number of nitrogens with zero attached hydrogens (tertiary/aromatic N) is 1. The molecule has 29 heavy (non-hydrogen) atoms. The third-order valence-corrected chi connectivity index (χ3v) is 6.98. The molecule has 7 rings (SSSR count). The van der Waals surface area contributed by atoms with Crippen LogP contribution < -0.4 is 9.64 Å². The summed E-state index contributed by atoms with van der Waals surface area (Å²) in [6.45, 7) is 0. The average molecular weight is 385 g/mol. The zero-order valence-corrected chi connectivity index (χ0v) is 15.6. The molecule has 1 saturated heterocycles. The van der Waals surface area contributed by atoms with Gasteiger partial charge in [-0.05, 0) is 54.4 Å². The quantitative estimate of drug-likeness (QED) is 0.351. The lowest BCUT2D eigenvalue weighted by molar-refractivity contribution is -0.124. The van der Waals surface area contributed by atoms with E-state index in [9.17, 15) is 14.4 Å². The number of carbonyl (C=O) groups excluding carboxylic acids is 3. The summed E-state index contributed by atoms with van der Waals surface area (Å²) < 4.78 is 5.59. The van der Waals surface area contributed by atoms with Crippen molar-refractivity contribution in [3.05, 3.63) is 72.3 Å². The van der Waals surface area contributed by atoms with Crippen LogP contribution in [-0.4, -0.2) is 17.8 Å². The highest BCUT2D eigenvalue weighted by Crippen LogP contribution is 2.65. The fraction of sp³-hybridized carbons (Fsp3) is 0.292. The van der Waals surface area contributed by atoms with E-state index in [2.05, 4.69) is 12.2 Å². The Morgan fingerprint density at radius 2 is 1.41 bits per heavy atom. The molecule has 2 aromatic rings. The van der Waals surface area contributed by atoms with Crippen LogP contribution >= 0.6 is 0 Å². The second-order valence-corrected chi connectivity index (χ2v) is 8.39. The second-order valence-electron chi connectivity index (χ2n) is 8.39. The van der Waals surface area contributed by atoms with Crippen molar-refractivity contribution in [3.8, 4) is 5.75 Å². The lowest BCUT2D eigenvalue weighted by Crippen LogP contribution is -2.40. The second kappa shape index (κ2) is 5.89. The van der Waals surface area contributed by atoms with Gasteiger partial charge in [0, 0.05) is 0 Å². The number of amides is 2. The molecule has 5 aliphatic rings. The standard InChI is InChI=1S/C24H19NO4/c26-22-20-14-10-11-15(17-12-16(14)17)21(20)23(27)25(22)18-8-4-5-9-19(18)29-24(28)13-6-2-1-3-7-13/h1-11,14-17,20-21H,12H2/t14-,15-,16-,17-,20-,21+/m0/s1. The third-order valence-electron chi connectivity index (χ3n) is 6.98. The lowest BCUT2D eigenvalue weighted by Gasteiger charge is -2.37. The van der Waals surface area contributed by atoms with Gasteiger partial charge in [-0.2, -0.15) is 0 Å². The van der Waals surface area contributed by atoms with E-state index in [0.29, 0.717) is 23.1 Å². The van der Waals surface area contributed by atoms with E-state index in [1.807, 2.05) is 6.07 Å². The normalized spacial score (nSPS) is 33.4. The highest BCUT2D eigenvalue weighted by molar-refractivity contribution is 6.23. The molecule has 5 heteroatoms. The third kappa shape index (κ3) is 2.30. The number of hydrogen-bond acceptors (Lipinski definition) is 4. The van der Waals surface area contributed by atoms with E-state index in [-0.39, 0.29) is 41.2 Å². The van der Waals surface area contributed by atoms with Crippen molar-refractivity contribution in [2.45, 2.75) is 6.42 Å². The summed E-state index contributed by atoms with van der Waals surface area (Å²) in [5.41, 5.74) is 0.770. The first-order valence-electron chi connectivity index (χ1n) is 10.1. The Kier molecular flexibility index (Phi) is 3.40. The summed E-state index contributed by atoms with van der Waals surface area (Å²) in [4.78, 5) is 40.5. The molecule has 1 heterocycles. The lowest BCUT2D eigenvalue weighted by atomic mass is 9.63. The number of carbonyl (C=O) groups is 3. The molecule has 144 valence electrons. The van der Waals surface area contributed by atoms with Crippen molar-refractivity contribution in [1.29, 1.82) is 0 Å². The Balaban J connectivity index is 1.35. The molecule has 4 aliphatic carbocycles. The van der Waals surface area contributed by atoms with Crippen molar-refractivity contribution in [2.24, 2.45) is 35.5 Å². The summed E-state index contributed by atoms with van der Waals surface area (Å²) in [5, 5.41) is 0. The van der Waals surface area contributed by atoms with Crippen LogP contribution in [0.15, 0.2) is 66.7 Å². The molecule has 0 radical (unpaired) electrons. The molecule has 5 nitrogen and oxygen atoms in total. The molecule has 2 saturated carbocycles. The molecule has 0 unspecified atom stereocenters. The zero-order chi connectivity index (χ0) is 19.7. The Hall–Kier alpha value is -3.21. The van der Waals surface area contributed by atoms with Crippen molar-refractivity contribution >= 4 is 23.5 Å². The van der Waals surface area contributed by atoms with Crippen LogP contribution in [0.1, 0.15) is 16.8 Å². The monoisotopic (exact) mass is 385 g/mol. The Morgan fingerprint density at radius 3 is 2.07 bits per heavy atom. The SMILES string of the molecule is O=C(Oc1ccccc1N1C(=O)[C@@H]2[C@H]3C=C[C@@H]([C@@H]4C[C@@H]34)[C@@H]2C1=O)c1ccccc1. The van der Waals surface area contributed by atoms with Crippen LogP contribution in [-0.2, 0) is 9.59 Å². The first-order chi connectivity index (χ1) is 14.1. The van der Waals surface area contributed by atoms with Crippen LogP contribution in [0.5, 0.6) is 5.75 Å². The Bertz CT molecular complexity index is 1040. The molecule has 0 N–H and O–H groups in total. The zero-order valence-electron chi connectivity index (χ0n) is 15.6. The van der Waals surface area contributed by atoms with E-state index in [0.717, 1.165) is 6.42 Å². The minimum absolute atomic E-state index is 0.159. The molecule has 3 fully saturated rings. The number of ether oxygens (including phenoxy) is 1.